The van der Waals surface area contributed by atoms with E-state index in [9.17, 15) is 14.7 Å². The molecule has 144 valence electrons. The number of carbonyl (C=O) groups excluding carboxylic acids is 1. The molecule has 1 N–H and O–H groups in total. The fourth-order valence-electron chi connectivity index (χ4n) is 4.90. The van der Waals surface area contributed by atoms with E-state index < -0.39 is 17.8 Å². The summed E-state index contributed by atoms with van der Waals surface area (Å²) in [5, 5.41) is 10.4. The Morgan fingerprint density at radius 2 is 1.70 bits per heavy atom. The molecule has 27 heavy (non-hydrogen) atoms. The predicted octanol–water partition coefficient (Wildman–Crippen LogP) is 2.90. The van der Waals surface area contributed by atoms with E-state index in [4.69, 9.17) is 11.6 Å². The van der Waals surface area contributed by atoms with Crippen molar-refractivity contribution in [2.75, 3.05) is 26.2 Å². The third kappa shape index (κ3) is 3.76. The standard InChI is InChI=1S/C21H25ClN2O3/c22-17-3-1-2-14(12-17)13-23-8-10-24(11-9-23)20(25)18-15-4-6-16(7-5-15)19(18)21(26)27/h1-4,6,12,15-16,18-19H,5,7-11,13H2,(H,26,27). The summed E-state index contributed by atoms with van der Waals surface area (Å²) < 4.78 is 0. The molecule has 4 atom stereocenters. The molecule has 1 aromatic carbocycles. The third-order valence-corrected chi connectivity index (χ3v) is 6.53. The SMILES string of the molecule is O=C(O)C1C2C=CC(CC2)C1C(=O)N1CCN(Cc2cccc(Cl)c2)CC1. The van der Waals surface area contributed by atoms with Gasteiger partial charge in [0.15, 0.2) is 0 Å². The number of rotatable bonds is 4. The second kappa shape index (κ2) is 7.64. The fraction of sp³-hybridized carbons (Fsp3) is 0.524. The van der Waals surface area contributed by atoms with Crippen LogP contribution in [0, 0.1) is 23.7 Å². The molecule has 1 aromatic rings. The second-order valence-corrected chi connectivity index (χ2v) is 8.35. The molecular weight excluding hydrogens is 364 g/mol. The Morgan fingerprint density at radius 3 is 2.30 bits per heavy atom. The fourth-order valence-corrected chi connectivity index (χ4v) is 5.11. The minimum absolute atomic E-state index is 0.00516. The molecule has 5 nitrogen and oxygen atoms in total. The number of carbonyl (C=O) groups is 2. The highest BCUT2D eigenvalue weighted by Gasteiger charge is 2.49. The Kier molecular flexibility index (Phi) is 5.24. The molecule has 2 bridgehead atoms. The molecule has 4 aliphatic rings. The molecule has 1 aliphatic heterocycles. The number of carboxylic acid groups (broad SMARTS) is 1. The number of allylic oxidation sites excluding steroid dienone is 2. The summed E-state index contributed by atoms with van der Waals surface area (Å²) >= 11 is 6.06. The number of aliphatic carboxylic acids is 1. The molecule has 1 amide bonds. The van der Waals surface area contributed by atoms with Crippen LogP contribution in [-0.4, -0.2) is 53.0 Å². The van der Waals surface area contributed by atoms with Gasteiger partial charge in [0.1, 0.15) is 0 Å². The van der Waals surface area contributed by atoms with Gasteiger partial charge in [0, 0.05) is 37.7 Å². The van der Waals surface area contributed by atoms with Crippen LogP contribution in [0.4, 0.5) is 0 Å². The number of hydrogen-bond acceptors (Lipinski definition) is 3. The minimum Gasteiger partial charge on any atom is -0.481 e. The Hall–Kier alpha value is -1.85. The second-order valence-electron chi connectivity index (χ2n) is 7.91. The first kappa shape index (κ1) is 18.5. The van der Waals surface area contributed by atoms with Gasteiger partial charge in [-0.05, 0) is 42.4 Å². The lowest BCUT2D eigenvalue weighted by atomic mass is 9.62. The number of nitrogens with zero attached hydrogens (tertiary/aromatic N) is 2. The van der Waals surface area contributed by atoms with E-state index in [2.05, 4.69) is 17.0 Å². The van der Waals surface area contributed by atoms with Crippen molar-refractivity contribution >= 4 is 23.5 Å². The lowest BCUT2D eigenvalue weighted by Crippen LogP contribution is -2.55. The molecule has 1 saturated heterocycles. The van der Waals surface area contributed by atoms with E-state index in [1.54, 1.807) is 0 Å². The molecule has 1 saturated carbocycles. The summed E-state index contributed by atoms with van der Waals surface area (Å²) in [5.41, 5.74) is 1.17. The Labute approximate surface area is 164 Å². The smallest absolute Gasteiger partial charge is 0.307 e. The monoisotopic (exact) mass is 388 g/mol. The largest absolute Gasteiger partial charge is 0.481 e. The topological polar surface area (TPSA) is 60.9 Å². The minimum atomic E-state index is -0.827. The molecule has 0 aromatic heterocycles. The molecule has 6 heteroatoms. The number of fused-ring (bicyclic) bond motifs is 2. The van der Waals surface area contributed by atoms with Gasteiger partial charge < -0.3 is 10.0 Å². The molecule has 1 heterocycles. The maximum Gasteiger partial charge on any atom is 0.307 e. The summed E-state index contributed by atoms with van der Waals surface area (Å²) in [4.78, 5) is 29.2. The first-order chi connectivity index (χ1) is 13.0. The zero-order chi connectivity index (χ0) is 19.0. The van der Waals surface area contributed by atoms with Gasteiger partial charge in [-0.1, -0.05) is 35.9 Å². The van der Waals surface area contributed by atoms with Gasteiger partial charge in [0.2, 0.25) is 5.91 Å². The van der Waals surface area contributed by atoms with E-state index in [1.807, 2.05) is 29.2 Å². The van der Waals surface area contributed by atoms with Crippen LogP contribution >= 0.6 is 11.6 Å². The highest BCUT2D eigenvalue weighted by Crippen LogP contribution is 2.45. The molecule has 5 rings (SSSR count). The molecule has 0 spiro atoms. The van der Waals surface area contributed by atoms with Crippen LogP contribution in [0.3, 0.4) is 0 Å². The van der Waals surface area contributed by atoms with Gasteiger partial charge in [-0.2, -0.15) is 0 Å². The third-order valence-electron chi connectivity index (χ3n) is 6.30. The van der Waals surface area contributed by atoms with Crippen molar-refractivity contribution in [3.8, 4) is 0 Å². The molecule has 0 radical (unpaired) electrons. The van der Waals surface area contributed by atoms with E-state index in [0.717, 1.165) is 37.5 Å². The lowest BCUT2D eigenvalue weighted by molar-refractivity contribution is -0.157. The maximum atomic E-state index is 13.2. The summed E-state index contributed by atoms with van der Waals surface area (Å²) in [6, 6.07) is 7.86. The molecule has 4 unspecified atom stereocenters. The van der Waals surface area contributed by atoms with Crippen LogP contribution in [0.2, 0.25) is 5.02 Å². The summed E-state index contributed by atoms with van der Waals surface area (Å²) in [6.07, 6.45) is 5.90. The first-order valence-corrected chi connectivity index (χ1v) is 10.1. The number of carboxylic acids is 1. The quantitative estimate of drug-likeness (QED) is 0.806. The summed E-state index contributed by atoms with van der Waals surface area (Å²) in [7, 11) is 0. The van der Waals surface area contributed by atoms with Crippen molar-refractivity contribution in [3.05, 3.63) is 47.0 Å². The highest BCUT2D eigenvalue weighted by molar-refractivity contribution is 6.30. The van der Waals surface area contributed by atoms with Crippen LogP contribution in [0.15, 0.2) is 36.4 Å². The van der Waals surface area contributed by atoms with Gasteiger partial charge in [-0.25, -0.2) is 0 Å². The van der Waals surface area contributed by atoms with Crippen molar-refractivity contribution in [1.82, 2.24) is 9.80 Å². The van der Waals surface area contributed by atoms with Gasteiger partial charge in [-0.3, -0.25) is 14.5 Å². The zero-order valence-electron chi connectivity index (χ0n) is 15.3. The average molecular weight is 389 g/mol. The number of hydrogen-bond donors (Lipinski definition) is 1. The van der Waals surface area contributed by atoms with Crippen LogP contribution in [-0.2, 0) is 16.1 Å². The van der Waals surface area contributed by atoms with Crippen molar-refractivity contribution in [1.29, 1.82) is 0 Å². The van der Waals surface area contributed by atoms with Crippen molar-refractivity contribution in [3.63, 3.8) is 0 Å². The lowest BCUT2D eigenvalue weighted by Gasteiger charge is -2.45. The molecular formula is C21H25ClN2O3. The Morgan fingerprint density at radius 1 is 1.04 bits per heavy atom. The number of amides is 1. The van der Waals surface area contributed by atoms with Gasteiger partial charge >= 0.3 is 5.97 Å². The summed E-state index contributed by atoms with van der Waals surface area (Å²) in [5.74, 6) is -1.68. The normalized spacial score (nSPS) is 30.5. The highest BCUT2D eigenvalue weighted by atomic mass is 35.5. The Bertz CT molecular complexity index is 758. The number of halogens is 1. The van der Waals surface area contributed by atoms with Crippen LogP contribution in [0.25, 0.3) is 0 Å². The van der Waals surface area contributed by atoms with E-state index in [-0.39, 0.29) is 17.7 Å². The van der Waals surface area contributed by atoms with E-state index >= 15 is 0 Å². The number of piperazine rings is 1. The van der Waals surface area contributed by atoms with Gasteiger partial charge in [0.25, 0.3) is 0 Å². The number of benzene rings is 1. The average Bonchev–Trinajstić information content (AvgIpc) is 2.68. The van der Waals surface area contributed by atoms with Gasteiger partial charge in [-0.15, -0.1) is 0 Å². The van der Waals surface area contributed by atoms with Crippen LogP contribution in [0.1, 0.15) is 18.4 Å². The molecule has 3 aliphatic carbocycles. The van der Waals surface area contributed by atoms with Crippen LogP contribution < -0.4 is 0 Å². The zero-order valence-corrected chi connectivity index (χ0v) is 16.0. The predicted molar refractivity (Wildman–Crippen MR) is 103 cm³/mol. The first-order valence-electron chi connectivity index (χ1n) is 9.69. The molecule has 2 fully saturated rings. The summed E-state index contributed by atoms with van der Waals surface area (Å²) in [6.45, 7) is 3.73. The maximum absolute atomic E-state index is 13.2. The van der Waals surface area contributed by atoms with Crippen molar-refractivity contribution in [2.45, 2.75) is 19.4 Å². The van der Waals surface area contributed by atoms with Crippen molar-refractivity contribution < 1.29 is 14.7 Å². The van der Waals surface area contributed by atoms with Gasteiger partial charge in [0.05, 0.1) is 11.8 Å². The van der Waals surface area contributed by atoms with E-state index in [0.29, 0.717) is 13.1 Å². The van der Waals surface area contributed by atoms with Crippen molar-refractivity contribution in [2.24, 2.45) is 23.7 Å². The van der Waals surface area contributed by atoms with Crippen LogP contribution in [0.5, 0.6) is 0 Å². The van der Waals surface area contributed by atoms with E-state index in [1.165, 1.54) is 5.56 Å². The Balaban J connectivity index is 1.38.